The molecule has 0 saturated heterocycles. The Kier molecular flexibility index (Phi) is 8.52. The Morgan fingerprint density at radius 3 is 2.46 bits per heavy atom. The summed E-state index contributed by atoms with van der Waals surface area (Å²) in [4.78, 5) is 17.1. The normalized spacial score (nSPS) is 11.0. The van der Waals surface area contributed by atoms with Crippen LogP contribution in [0.1, 0.15) is 21.5 Å². The number of hydrogen-bond acceptors (Lipinski definition) is 4. The lowest BCUT2D eigenvalue weighted by Crippen LogP contribution is -2.25. The third-order valence-electron chi connectivity index (χ3n) is 5.72. The van der Waals surface area contributed by atoms with Crippen LogP contribution in [0.2, 0.25) is 0 Å². The second-order valence-electron chi connectivity index (χ2n) is 8.10. The van der Waals surface area contributed by atoms with Crippen LogP contribution in [0.25, 0.3) is 11.1 Å². The van der Waals surface area contributed by atoms with Crippen molar-refractivity contribution in [2.45, 2.75) is 6.54 Å². The Bertz CT molecular complexity index is 1440. The first-order chi connectivity index (χ1) is 18.0. The number of ether oxygens (including phenoxy) is 1. The molecule has 4 aromatic rings. The third-order valence-corrected chi connectivity index (χ3v) is 6.83. The number of nitrogen functional groups attached to an aromatic ring is 1. The lowest BCUT2D eigenvalue weighted by Gasteiger charge is -2.14. The van der Waals surface area contributed by atoms with Crippen molar-refractivity contribution in [2.24, 2.45) is 4.99 Å². The summed E-state index contributed by atoms with van der Waals surface area (Å²) in [5.41, 5.74) is 11.5. The van der Waals surface area contributed by atoms with E-state index in [-0.39, 0.29) is 5.91 Å². The van der Waals surface area contributed by atoms with Crippen molar-refractivity contribution in [1.29, 1.82) is 5.41 Å². The molecular formula is C29H26IN5O2. The summed E-state index contributed by atoms with van der Waals surface area (Å²) in [6.45, 7) is 0.466. The van der Waals surface area contributed by atoms with Crippen molar-refractivity contribution in [3.8, 4) is 16.9 Å². The lowest BCUT2D eigenvalue weighted by molar-refractivity contribution is 0.102. The third kappa shape index (κ3) is 6.34. The molecule has 0 saturated carbocycles. The van der Waals surface area contributed by atoms with Crippen molar-refractivity contribution in [3.05, 3.63) is 111 Å². The molecule has 0 fully saturated rings. The fraction of sp³-hybridized carbons (Fsp3) is 0.0690. The van der Waals surface area contributed by atoms with Gasteiger partial charge in [-0.3, -0.25) is 10.2 Å². The van der Waals surface area contributed by atoms with Crippen LogP contribution in [-0.4, -0.2) is 25.2 Å². The van der Waals surface area contributed by atoms with Crippen LogP contribution in [0, 0.1) is 8.98 Å². The molecule has 0 spiro atoms. The minimum Gasteiger partial charge on any atom is -0.496 e. The quantitative estimate of drug-likeness (QED) is 0.0864. The van der Waals surface area contributed by atoms with Gasteiger partial charge in [0, 0.05) is 17.7 Å². The van der Waals surface area contributed by atoms with Gasteiger partial charge in [0.1, 0.15) is 17.9 Å². The SMILES string of the molecule is COc1cccc(/C(=N\C=N)NCc2ccc(C(=O)Nc3cc(-c4ccccc4)ccc3N)cc2)c1I. The van der Waals surface area contributed by atoms with Gasteiger partial charge in [-0.05, 0) is 75.7 Å². The maximum atomic E-state index is 12.9. The van der Waals surface area contributed by atoms with E-state index in [9.17, 15) is 4.79 Å². The molecule has 0 bridgehead atoms. The minimum absolute atomic E-state index is 0.242. The number of amidine groups is 1. The van der Waals surface area contributed by atoms with Crippen molar-refractivity contribution in [1.82, 2.24) is 5.32 Å². The zero-order valence-electron chi connectivity index (χ0n) is 20.2. The molecule has 0 aliphatic rings. The Balaban J connectivity index is 1.44. The number of carbonyl (C=O) groups is 1. The van der Waals surface area contributed by atoms with Crippen LogP contribution in [0.5, 0.6) is 5.75 Å². The van der Waals surface area contributed by atoms with Gasteiger partial charge in [-0.2, -0.15) is 0 Å². The van der Waals surface area contributed by atoms with E-state index in [0.29, 0.717) is 29.3 Å². The maximum Gasteiger partial charge on any atom is 0.255 e. The van der Waals surface area contributed by atoms with Gasteiger partial charge in [0.2, 0.25) is 0 Å². The molecule has 0 aromatic heterocycles. The summed E-state index contributed by atoms with van der Waals surface area (Å²) in [7, 11) is 1.62. The first-order valence-corrected chi connectivity index (χ1v) is 12.6. The Hall–Kier alpha value is -4.18. The van der Waals surface area contributed by atoms with E-state index in [0.717, 1.165) is 37.9 Å². The molecule has 186 valence electrons. The molecule has 0 atom stereocenters. The van der Waals surface area contributed by atoms with E-state index in [1.165, 1.54) is 0 Å². The number of nitrogens with one attached hydrogen (secondary N) is 3. The molecule has 5 N–H and O–H groups in total. The number of nitrogens with zero attached hydrogens (tertiary/aromatic N) is 1. The van der Waals surface area contributed by atoms with Crippen LogP contribution in [0.3, 0.4) is 0 Å². The summed E-state index contributed by atoms with van der Waals surface area (Å²) >= 11 is 2.20. The number of anilines is 2. The van der Waals surface area contributed by atoms with Crippen LogP contribution < -0.4 is 21.1 Å². The summed E-state index contributed by atoms with van der Waals surface area (Å²) in [5.74, 6) is 1.06. The zero-order valence-corrected chi connectivity index (χ0v) is 22.3. The Labute approximate surface area is 229 Å². The van der Waals surface area contributed by atoms with Crippen molar-refractivity contribution in [2.75, 3.05) is 18.2 Å². The lowest BCUT2D eigenvalue weighted by atomic mass is 10.0. The topological polar surface area (TPSA) is 113 Å². The van der Waals surface area contributed by atoms with Crippen LogP contribution in [0.15, 0.2) is 96.0 Å². The number of hydrogen-bond donors (Lipinski definition) is 4. The maximum absolute atomic E-state index is 12.9. The number of methoxy groups -OCH3 is 1. The van der Waals surface area contributed by atoms with Crippen molar-refractivity contribution >= 4 is 52.0 Å². The fourth-order valence-electron chi connectivity index (χ4n) is 3.76. The first kappa shape index (κ1) is 25.9. The largest absolute Gasteiger partial charge is 0.496 e. The number of halogens is 1. The van der Waals surface area contributed by atoms with Gasteiger partial charge in [0.25, 0.3) is 5.91 Å². The molecule has 7 nitrogen and oxygen atoms in total. The Morgan fingerprint density at radius 1 is 1.00 bits per heavy atom. The van der Waals surface area contributed by atoms with Gasteiger partial charge < -0.3 is 21.1 Å². The number of aliphatic imine (C=N–C) groups is 1. The van der Waals surface area contributed by atoms with E-state index in [2.05, 4.69) is 38.2 Å². The predicted octanol–water partition coefficient (Wildman–Crippen LogP) is 5.94. The van der Waals surface area contributed by atoms with Crippen LogP contribution in [-0.2, 0) is 6.54 Å². The zero-order chi connectivity index (χ0) is 26.2. The summed E-state index contributed by atoms with van der Waals surface area (Å²) in [6, 6.07) is 28.5. The predicted molar refractivity (Wildman–Crippen MR) is 159 cm³/mol. The van der Waals surface area contributed by atoms with E-state index in [1.54, 1.807) is 25.3 Å². The molecule has 4 aromatic carbocycles. The Morgan fingerprint density at radius 2 is 1.76 bits per heavy atom. The molecule has 0 aliphatic heterocycles. The van der Waals surface area contributed by atoms with Gasteiger partial charge in [-0.1, -0.05) is 54.6 Å². The molecule has 0 heterocycles. The van der Waals surface area contributed by atoms with Crippen LogP contribution >= 0.6 is 22.6 Å². The standard InChI is InChI=1S/C29H26IN5O2/c1-37-26-9-5-8-23(27(26)30)28(34-18-31)33-17-19-10-12-21(13-11-19)29(36)35-25-16-22(14-15-24(25)32)20-6-3-2-4-7-20/h2-16,18H,17,32H2,1H3,(H,35,36)(H2,31,33,34). The highest BCUT2D eigenvalue weighted by Crippen LogP contribution is 2.28. The number of amides is 1. The highest BCUT2D eigenvalue weighted by atomic mass is 127. The molecule has 8 heteroatoms. The van der Waals surface area contributed by atoms with Crippen LogP contribution in [0.4, 0.5) is 11.4 Å². The highest BCUT2D eigenvalue weighted by molar-refractivity contribution is 14.1. The second kappa shape index (κ2) is 12.2. The molecule has 4 rings (SSSR count). The van der Waals surface area contributed by atoms with Gasteiger partial charge in [-0.25, -0.2) is 4.99 Å². The van der Waals surface area contributed by atoms with Gasteiger partial charge in [0.15, 0.2) is 0 Å². The molecule has 0 aliphatic carbocycles. The molecule has 0 radical (unpaired) electrons. The summed E-state index contributed by atoms with van der Waals surface area (Å²) in [6.07, 6.45) is 1.00. The minimum atomic E-state index is -0.242. The number of benzene rings is 4. The van der Waals surface area contributed by atoms with Gasteiger partial charge in [0.05, 0.1) is 22.1 Å². The van der Waals surface area contributed by atoms with Crippen molar-refractivity contribution in [3.63, 3.8) is 0 Å². The summed E-state index contributed by atoms with van der Waals surface area (Å²) in [5, 5.41) is 13.6. The summed E-state index contributed by atoms with van der Waals surface area (Å²) < 4.78 is 6.30. The molecule has 1 amide bonds. The molecule has 37 heavy (non-hydrogen) atoms. The van der Waals surface area contributed by atoms with E-state index >= 15 is 0 Å². The van der Waals surface area contributed by atoms with Crippen molar-refractivity contribution < 1.29 is 9.53 Å². The van der Waals surface area contributed by atoms with E-state index in [4.69, 9.17) is 15.9 Å². The monoisotopic (exact) mass is 603 g/mol. The average Bonchev–Trinajstić information content (AvgIpc) is 2.93. The number of carbonyl (C=O) groups excluding carboxylic acids is 1. The van der Waals surface area contributed by atoms with Gasteiger partial charge in [-0.15, -0.1) is 0 Å². The smallest absolute Gasteiger partial charge is 0.255 e. The fourth-order valence-corrected chi connectivity index (χ4v) is 4.59. The highest BCUT2D eigenvalue weighted by Gasteiger charge is 2.13. The molecule has 0 unspecified atom stereocenters. The first-order valence-electron chi connectivity index (χ1n) is 11.5. The van der Waals surface area contributed by atoms with E-state index < -0.39 is 0 Å². The van der Waals surface area contributed by atoms with E-state index in [1.807, 2.05) is 72.8 Å². The molecular weight excluding hydrogens is 577 g/mol. The second-order valence-corrected chi connectivity index (χ2v) is 9.18. The van der Waals surface area contributed by atoms with Gasteiger partial charge >= 0.3 is 0 Å². The number of nitrogens with two attached hydrogens (primary N) is 1. The number of rotatable bonds is 8. The average molecular weight is 603 g/mol.